The number of aromatic nitrogens is 3. The Morgan fingerprint density at radius 3 is 2.74 bits per heavy atom. The predicted octanol–water partition coefficient (Wildman–Crippen LogP) is 3.67. The van der Waals surface area contributed by atoms with Crippen LogP contribution >= 0.6 is 0 Å². The highest BCUT2D eigenvalue weighted by Gasteiger charge is 2.32. The summed E-state index contributed by atoms with van der Waals surface area (Å²) in [6, 6.07) is -0.0562. The van der Waals surface area contributed by atoms with Gasteiger partial charge in [0.2, 0.25) is 11.9 Å². The number of carbonyl (C=O) groups excluding carboxylic acids is 1. The van der Waals surface area contributed by atoms with E-state index in [0.29, 0.717) is 18.1 Å². The molecule has 0 aromatic carbocycles. The molecule has 3 rings (SSSR count). The molecule has 0 saturated carbocycles. The number of hydrogen-bond donors (Lipinski definition) is 0. The van der Waals surface area contributed by atoms with Crippen LogP contribution in [0.3, 0.4) is 0 Å². The minimum Gasteiger partial charge on any atom is -0.356 e. The molecule has 0 radical (unpaired) electrons. The second-order valence-electron chi connectivity index (χ2n) is 7.43. The molecule has 1 aliphatic rings. The molecule has 2 aromatic heterocycles. The van der Waals surface area contributed by atoms with E-state index in [2.05, 4.69) is 10.1 Å². The lowest BCUT2D eigenvalue weighted by molar-refractivity contribution is -0.135. The first-order valence-electron chi connectivity index (χ1n) is 9.71. The predicted molar refractivity (Wildman–Crippen MR) is 105 cm³/mol. The maximum Gasteiger partial charge on any atom is 0.225 e. The molecule has 0 spiro atoms. The van der Waals surface area contributed by atoms with E-state index in [0.717, 1.165) is 54.7 Å². The second kappa shape index (κ2) is 8.06. The molecule has 0 N–H and O–H groups in total. The summed E-state index contributed by atoms with van der Waals surface area (Å²) in [4.78, 5) is 26.0. The van der Waals surface area contributed by atoms with Gasteiger partial charge < -0.3 is 14.3 Å². The zero-order chi connectivity index (χ0) is 19.6. The lowest BCUT2D eigenvalue weighted by Gasteiger charge is -2.36. The summed E-state index contributed by atoms with van der Waals surface area (Å²) in [5.74, 6) is 1.53. The Morgan fingerprint density at radius 2 is 2.11 bits per heavy atom. The van der Waals surface area contributed by atoms with Crippen LogP contribution in [0.5, 0.6) is 0 Å². The molecule has 1 amide bonds. The largest absolute Gasteiger partial charge is 0.356 e. The van der Waals surface area contributed by atoms with Crippen molar-refractivity contribution in [3.63, 3.8) is 0 Å². The summed E-state index contributed by atoms with van der Waals surface area (Å²) in [6.45, 7) is 6.73. The molecule has 1 saturated heterocycles. The number of amides is 1. The maximum absolute atomic E-state index is 12.8. The van der Waals surface area contributed by atoms with E-state index in [-0.39, 0.29) is 11.9 Å². The van der Waals surface area contributed by atoms with E-state index < -0.39 is 0 Å². The van der Waals surface area contributed by atoms with Crippen molar-refractivity contribution in [3.8, 4) is 11.3 Å². The first-order valence-corrected chi connectivity index (χ1v) is 9.71. The third kappa shape index (κ3) is 3.82. The normalized spacial score (nSPS) is 17.2. The Morgan fingerprint density at radius 1 is 1.33 bits per heavy atom. The molecule has 7 nitrogen and oxygen atoms in total. The van der Waals surface area contributed by atoms with Crippen molar-refractivity contribution in [2.45, 2.75) is 58.9 Å². The van der Waals surface area contributed by atoms with Crippen LogP contribution in [-0.4, -0.2) is 46.6 Å². The zero-order valence-corrected chi connectivity index (χ0v) is 16.9. The van der Waals surface area contributed by atoms with E-state index >= 15 is 0 Å². The standard InChI is InChI=1S/C20H29N5O2/c1-6-9-17(26)25-11-8-7-10-16(25)18-15(12-21-20(22-18)24(4)5)19-13(2)14(3)23-27-19/h12,16H,6-11H2,1-5H3. The molecule has 146 valence electrons. The Bertz CT molecular complexity index is 815. The molecular weight excluding hydrogens is 342 g/mol. The third-order valence-electron chi connectivity index (χ3n) is 5.21. The zero-order valence-electron chi connectivity index (χ0n) is 16.9. The van der Waals surface area contributed by atoms with Crippen LogP contribution in [0.4, 0.5) is 5.95 Å². The summed E-state index contributed by atoms with van der Waals surface area (Å²) in [6.07, 6.45) is 6.24. The van der Waals surface area contributed by atoms with Gasteiger partial charge in [-0.2, -0.15) is 0 Å². The maximum atomic E-state index is 12.8. The molecule has 1 unspecified atom stereocenters. The summed E-state index contributed by atoms with van der Waals surface area (Å²) in [5.41, 5.74) is 3.53. The van der Waals surface area contributed by atoms with E-state index in [1.807, 2.05) is 50.9 Å². The van der Waals surface area contributed by atoms with Crippen molar-refractivity contribution < 1.29 is 9.32 Å². The summed E-state index contributed by atoms with van der Waals surface area (Å²) < 4.78 is 5.61. The van der Waals surface area contributed by atoms with Gasteiger partial charge in [0.15, 0.2) is 5.76 Å². The number of anilines is 1. The topological polar surface area (TPSA) is 75.4 Å². The number of piperidine rings is 1. The van der Waals surface area contributed by atoms with Gasteiger partial charge in [0.05, 0.1) is 23.0 Å². The Balaban J connectivity index is 2.11. The highest BCUT2D eigenvalue weighted by Crippen LogP contribution is 2.38. The molecular formula is C20H29N5O2. The molecule has 7 heteroatoms. The van der Waals surface area contributed by atoms with Gasteiger partial charge in [0, 0.05) is 38.8 Å². The van der Waals surface area contributed by atoms with Crippen molar-refractivity contribution >= 4 is 11.9 Å². The van der Waals surface area contributed by atoms with Crippen molar-refractivity contribution in [2.75, 3.05) is 25.5 Å². The smallest absolute Gasteiger partial charge is 0.225 e. The number of hydrogen-bond acceptors (Lipinski definition) is 6. The first kappa shape index (κ1) is 19.3. The molecule has 2 aromatic rings. The Hall–Kier alpha value is -2.44. The molecule has 27 heavy (non-hydrogen) atoms. The van der Waals surface area contributed by atoms with Crippen molar-refractivity contribution in [2.24, 2.45) is 0 Å². The minimum atomic E-state index is -0.0562. The lowest BCUT2D eigenvalue weighted by atomic mass is 9.94. The summed E-state index contributed by atoms with van der Waals surface area (Å²) in [5, 5.41) is 4.10. The number of carbonyl (C=O) groups is 1. The number of nitrogens with zero attached hydrogens (tertiary/aromatic N) is 5. The van der Waals surface area contributed by atoms with Crippen molar-refractivity contribution in [3.05, 3.63) is 23.1 Å². The Kier molecular flexibility index (Phi) is 5.77. The van der Waals surface area contributed by atoms with Crippen molar-refractivity contribution in [1.29, 1.82) is 0 Å². The van der Waals surface area contributed by atoms with Crippen molar-refractivity contribution in [1.82, 2.24) is 20.0 Å². The SMILES string of the molecule is CCCC(=O)N1CCCCC1c1nc(N(C)C)ncc1-c1onc(C)c1C. The minimum absolute atomic E-state index is 0.0562. The fraction of sp³-hybridized carbons (Fsp3) is 0.600. The fourth-order valence-corrected chi connectivity index (χ4v) is 3.57. The number of rotatable bonds is 5. The monoisotopic (exact) mass is 371 g/mol. The van der Waals surface area contributed by atoms with E-state index in [1.165, 1.54) is 0 Å². The van der Waals surface area contributed by atoms with Gasteiger partial charge in [-0.05, 0) is 39.5 Å². The number of aryl methyl sites for hydroxylation is 1. The van der Waals surface area contributed by atoms with Crippen LogP contribution in [0.25, 0.3) is 11.3 Å². The van der Waals surface area contributed by atoms with Crippen LogP contribution in [-0.2, 0) is 4.79 Å². The average molecular weight is 371 g/mol. The van der Waals surface area contributed by atoms with Crippen LogP contribution in [0.15, 0.2) is 10.7 Å². The van der Waals surface area contributed by atoms with Gasteiger partial charge in [-0.3, -0.25) is 4.79 Å². The van der Waals surface area contributed by atoms with Crippen LogP contribution in [0, 0.1) is 13.8 Å². The number of likely N-dealkylation sites (tertiary alicyclic amines) is 1. The fourth-order valence-electron chi connectivity index (χ4n) is 3.57. The van der Waals surface area contributed by atoms with E-state index in [4.69, 9.17) is 9.51 Å². The van der Waals surface area contributed by atoms with E-state index in [1.54, 1.807) is 0 Å². The third-order valence-corrected chi connectivity index (χ3v) is 5.21. The molecule has 0 bridgehead atoms. The highest BCUT2D eigenvalue weighted by molar-refractivity contribution is 5.77. The second-order valence-corrected chi connectivity index (χ2v) is 7.43. The summed E-state index contributed by atoms with van der Waals surface area (Å²) in [7, 11) is 3.84. The van der Waals surface area contributed by atoms with Crippen LogP contribution in [0.2, 0.25) is 0 Å². The van der Waals surface area contributed by atoms with Gasteiger partial charge in [0.25, 0.3) is 0 Å². The molecule has 1 atom stereocenters. The van der Waals surface area contributed by atoms with E-state index in [9.17, 15) is 4.79 Å². The van der Waals surface area contributed by atoms with Gasteiger partial charge in [-0.25, -0.2) is 9.97 Å². The van der Waals surface area contributed by atoms with Gasteiger partial charge in [-0.1, -0.05) is 12.1 Å². The quantitative estimate of drug-likeness (QED) is 0.798. The highest BCUT2D eigenvalue weighted by atomic mass is 16.5. The molecule has 1 fully saturated rings. The Labute approximate surface area is 160 Å². The van der Waals surface area contributed by atoms with Gasteiger partial charge >= 0.3 is 0 Å². The molecule has 0 aliphatic carbocycles. The summed E-state index contributed by atoms with van der Waals surface area (Å²) >= 11 is 0. The van der Waals surface area contributed by atoms with Gasteiger partial charge in [0.1, 0.15) is 0 Å². The first-order chi connectivity index (χ1) is 12.9. The van der Waals surface area contributed by atoms with Gasteiger partial charge in [-0.15, -0.1) is 0 Å². The van der Waals surface area contributed by atoms with Crippen LogP contribution < -0.4 is 4.90 Å². The lowest BCUT2D eigenvalue weighted by Crippen LogP contribution is -2.39. The average Bonchev–Trinajstić information content (AvgIpc) is 3.00. The van der Waals surface area contributed by atoms with Crippen LogP contribution in [0.1, 0.15) is 62.0 Å². The molecule has 3 heterocycles. The molecule has 1 aliphatic heterocycles.